The number of hydrogen-bond donors (Lipinski definition) is 4. The molecule has 0 atom stereocenters. The van der Waals surface area contributed by atoms with Crippen LogP contribution in [0.15, 0.2) is 121 Å². The number of ether oxygens (including phenoxy) is 4. The summed E-state index contributed by atoms with van der Waals surface area (Å²) in [5.74, 6) is 1.66. The molecule has 6 aliphatic rings. The van der Waals surface area contributed by atoms with Crippen LogP contribution < -0.4 is 51.2 Å². The van der Waals surface area contributed by atoms with Gasteiger partial charge in [-0.3, -0.25) is 0 Å². The van der Waals surface area contributed by atoms with E-state index in [2.05, 4.69) is 177 Å². The minimum atomic E-state index is -0.536. The van der Waals surface area contributed by atoms with Crippen molar-refractivity contribution in [1.82, 2.24) is 0 Å². The third-order valence-electron chi connectivity index (χ3n) is 15.2. The van der Waals surface area contributed by atoms with Crippen LogP contribution in [-0.2, 0) is 9.47 Å². The first-order valence-corrected chi connectivity index (χ1v) is 26.3. The first-order valence-electron chi connectivity index (χ1n) is 26.3. The summed E-state index contributed by atoms with van der Waals surface area (Å²) in [5, 5.41) is 11.1. The molecular weight excluding hydrogens is 945 g/mol. The monoisotopic (exact) mass is 1010 g/mol. The van der Waals surface area contributed by atoms with Crippen LogP contribution >= 0.6 is 0 Å². The maximum atomic E-state index is 14.5. The number of allylic oxidation sites excluding steroid dienone is 4. The van der Waals surface area contributed by atoms with E-state index in [-0.39, 0.29) is 35.4 Å². The number of nitrogens with one attached hydrogen (secondary N) is 4. The van der Waals surface area contributed by atoms with Crippen molar-refractivity contribution in [3.8, 4) is 23.0 Å². The van der Waals surface area contributed by atoms with E-state index in [9.17, 15) is 9.59 Å². The molecule has 4 N–H and O–H groups in total. The van der Waals surface area contributed by atoms with Gasteiger partial charge in [-0.05, 0) is 137 Å². The third-order valence-corrected chi connectivity index (χ3v) is 15.2. The normalized spacial score (nSPS) is 17.9. The second-order valence-electron chi connectivity index (χ2n) is 23.6. The smallest absolute Gasteiger partial charge is 0.338 e. The van der Waals surface area contributed by atoms with Gasteiger partial charge in [0.1, 0.15) is 36.2 Å². The number of carbonyl (C=O) groups is 2. The van der Waals surface area contributed by atoms with Crippen molar-refractivity contribution in [2.45, 2.75) is 105 Å². The van der Waals surface area contributed by atoms with Crippen LogP contribution in [0, 0.1) is 0 Å². The van der Waals surface area contributed by atoms with Gasteiger partial charge in [0.15, 0.2) is 11.1 Å². The second-order valence-corrected chi connectivity index (χ2v) is 23.6. The minimum absolute atomic E-state index is 0.164. The molecule has 0 radical (unpaired) electrons. The zero-order valence-corrected chi connectivity index (χ0v) is 45.4. The molecule has 0 saturated carbocycles. The van der Waals surface area contributed by atoms with Crippen molar-refractivity contribution in [2.24, 2.45) is 0 Å². The SMILES string of the molecule is CC1=CC(C)(C)Nc2cc3c(cc21)C(c1ccccc1C(=O)OCCOC(=O)c1ccccc1C1=c2cc4c(cc2Oc2cc5c(cc21)C(C)=CC(C)(C)N5)=[NH+]C(C)(C)C=C4C)=c1cc2c(cc1O3)=[NH+]C(C)(C)C=C2C. The summed E-state index contributed by atoms with van der Waals surface area (Å²) in [7, 11) is 0. The van der Waals surface area contributed by atoms with Crippen LogP contribution in [0.25, 0.3) is 33.4 Å². The zero-order chi connectivity index (χ0) is 53.4. The lowest BCUT2D eigenvalue weighted by atomic mass is 9.84. The lowest BCUT2D eigenvalue weighted by molar-refractivity contribution is -0.568. The summed E-state index contributed by atoms with van der Waals surface area (Å²) in [6, 6.07) is 32.1. The number of fused-ring (bicyclic) bond motifs is 8. The van der Waals surface area contributed by atoms with E-state index in [1.165, 1.54) is 0 Å². The molecule has 0 amide bonds. The fraction of sp³-hybridized carbons (Fsp3) is 0.273. The summed E-state index contributed by atoms with van der Waals surface area (Å²) in [6.07, 6.45) is 8.95. The Hall–Kier alpha value is -8.24. The Morgan fingerprint density at radius 1 is 0.447 bits per heavy atom. The highest BCUT2D eigenvalue weighted by Gasteiger charge is 2.35. The topological polar surface area (TPSA) is 123 Å². The van der Waals surface area contributed by atoms with Gasteiger partial charge in [0.05, 0.1) is 34.3 Å². The van der Waals surface area contributed by atoms with E-state index >= 15 is 0 Å². The van der Waals surface area contributed by atoms with Crippen molar-refractivity contribution < 1.29 is 38.5 Å². The van der Waals surface area contributed by atoms with E-state index in [4.69, 9.17) is 18.9 Å². The second kappa shape index (κ2) is 17.1. The van der Waals surface area contributed by atoms with E-state index in [0.717, 1.165) is 99.3 Å². The Morgan fingerprint density at radius 3 is 1.24 bits per heavy atom. The van der Waals surface area contributed by atoms with E-state index in [1.54, 1.807) is 12.1 Å². The van der Waals surface area contributed by atoms with Gasteiger partial charge in [-0.1, -0.05) is 48.6 Å². The van der Waals surface area contributed by atoms with Crippen LogP contribution in [0.1, 0.15) is 148 Å². The number of esters is 2. The third kappa shape index (κ3) is 8.44. The summed E-state index contributed by atoms with van der Waals surface area (Å²) >= 11 is 0. The van der Waals surface area contributed by atoms with Gasteiger partial charge in [0.2, 0.25) is 10.7 Å². The summed E-state index contributed by atoms with van der Waals surface area (Å²) in [6.45, 7) is 25.4. The quantitative estimate of drug-likeness (QED) is 0.0929. The molecule has 0 unspecified atom stereocenters. The Labute approximate surface area is 443 Å². The highest BCUT2D eigenvalue weighted by Crippen LogP contribution is 2.46. The Morgan fingerprint density at radius 2 is 0.829 bits per heavy atom. The maximum absolute atomic E-state index is 14.5. The lowest BCUT2D eigenvalue weighted by Crippen LogP contribution is -2.89. The van der Waals surface area contributed by atoms with Crippen LogP contribution in [-0.4, -0.2) is 47.3 Å². The molecule has 6 aromatic carbocycles. The van der Waals surface area contributed by atoms with Crippen LogP contribution in [0.2, 0.25) is 0 Å². The van der Waals surface area contributed by atoms with Crippen molar-refractivity contribution in [1.29, 1.82) is 0 Å². The number of benzene rings is 6. The summed E-state index contributed by atoms with van der Waals surface area (Å²) < 4.78 is 25.7. The Bertz CT molecular complexity index is 3770. The van der Waals surface area contributed by atoms with E-state index < -0.39 is 11.9 Å². The fourth-order valence-electron chi connectivity index (χ4n) is 12.5. The minimum Gasteiger partial charge on any atom is -0.458 e. The van der Waals surface area contributed by atoms with Crippen LogP contribution in [0.3, 0.4) is 0 Å². The fourth-order valence-corrected chi connectivity index (χ4v) is 12.5. The molecule has 76 heavy (non-hydrogen) atoms. The lowest BCUT2D eigenvalue weighted by Gasteiger charge is -2.33. The van der Waals surface area contributed by atoms with Crippen LogP contribution in [0.5, 0.6) is 23.0 Å². The van der Waals surface area contributed by atoms with Gasteiger partial charge < -0.3 is 29.6 Å². The molecule has 12 rings (SSSR count). The van der Waals surface area contributed by atoms with Gasteiger partial charge >= 0.3 is 11.9 Å². The maximum Gasteiger partial charge on any atom is 0.338 e. The molecule has 6 aliphatic heterocycles. The molecule has 6 heterocycles. The predicted octanol–water partition coefficient (Wildman–Crippen LogP) is 8.41. The predicted molar refractivity (Wildman–Crippen MR) is 299 cm³/mol. The molecular formula is C66H64N4O6+2. The van der Waals surface area contributed by atoms with Gasteiger partial charge in [0.25, 0.3) is 0 Å². The molecule has 0 saturated heterocycles. The number of rotatable bonds is 7. The van der Waals surface area contributed by atoms with E-state index in [0.29, 0.717) is 45.3 Å². The average Bonchev–Trinajstić information content (AvgIpc) is 3.41. The summed E-state index contributed by atoms with van der Waals surface area (Å²) in [5.41, 5.74) is 15.4. The van der Waals surface area contributed by atoms with Crippen molar-refractivity contribution >= 4 is 56.8 Å². The van der Waals surface area contributed by atoms with E-state index in [1.807, 2.05) is 36.4 Å². The van der Waals surface area contributed by atoms with Gasteiger partial charge in [0, 0.05) is 106 Å². The zero-order valence-electron chi connectivity index (χ0n) is 45.4. The highest BCUT2D eigenvalue weighted by atomic mass is 16.6. The molecule has 10 nitrogen and oxygen atoms in total. The number of hydrogen-bond acceptors (Lipinski definition) is 8. The number of anilines is 2. The molecule has 0 fully saturated rings. The molecule has 382 valence electrons. The van der Waals surface area contributed by atoms with Gasteiger partial charge in [-0.25, -0.2) is 19.6 Å². The first kappa shape index (κ1) is 48.7. The molecule has 0 bridgehead atoms. The largest absolute Gasteiger partial charge is 0.458 e. The van der Waals surface area contributed by atoms with Crippen molar-refractivity contribution in [3.63, 3.8) is 0 Å². The standard InChI is InChI=1S/C66H62N4O6/c1-35-31-63(5,6)67-51-27-55-47(23-43(35)51)59(48-24-44-36(2)32-64(7,8)68-52(44)28-56(48)75-55)39-17-13-15-19-41(39)61(71)73-21-22-74-62(72)42-20-16-14-18-40(42)60-49-25-45-37(3)33-65(9,10)69-53(45)29-57(49)76-58-30-54-46(26-50(58)60)38(4)34-66(11,12)70-54/h13-20,23-34,67,69H,21-22H2,1-12H3/p+2. The average molecular weight is 1010 g/mol. The summed E-state index contributed by atoms with van der Waals surface area (Å²) in [4.78, 5) is 36.4. The first-order chi connectivity index (χ1) is 36.0. The van der Waals surface area contributed by atoms with Crippen LogP contribution in [0.4, 0.5) is 11.4 Å². The molecule has 10 heteroatoms. The van der Waals surface area contributed by atoms with Gasteiger partial charge in [-0.15, -0.1) is 0 Å². The molecule has 0 spiro atoms. The van der Waals surface area contributed by atoms with Crippen molar-refractivity contribution in [2.75, 3.05) is 23.8 Å². The van der Waals surface area contributed by atoms with Gasteiger partial charge in [-0.2, -0.15) is 0 Å². The Balaban J connectivity index is 0.880. The molecule has 0 aromatic heterocycles. The molecule has 6 aromatic rings. The highest BCUT2D eigenvalue weighted by molar-refractivity contribution is 6.02. The van der Waals surface area contributed by atoms with Crippen molar-refractivity contribution in [3.05, 3.63) is 198 Å². The number of carbonyl (C=O) groups excluding carboxylic acids is 2. The Kier molecular flexibility index (Phi) is 11.0. The molecule has 0 aliphatic carbocycles.